The summed E-state index contributed by atoms with van der Waals surface area (Å²) in [5.74, 6) is -1.32. The third-order valence-electron chi connectivity index (χ3n) is 6.05. The van der Waals surface area contributed by atoms with Crippen molar-refractivity contribution in [3.63, 3.8) is 0 Å². The maximum absolute atomic E-state index is 12.7. The summed E-state index contributed by atoms with van der Waals surface area (Å²) in [5, 5.41) is 13.5. The number of fused-ring (bicyclic) bond motifs is 3. The number of hydrogen-bond donors (Lipinski definition) is 2. The Balaban J connectivity index is 1.20. The normalized spacial score (nSPS) is 14.7. The highest BCUT2D eigenvalue weighted by atomic mass is 32.1. The van der Waals surface area contributed by atoms with Gasteiger partial charge in [0.05, 0.1) is 0 Å². The van der Waals surface area contributed by atoms with Gasteiger partial charge in [-0.15, -0.1) is 11.3 Å². The molecule has 8 nitrogen and oxygen atoms in total. The van der Waals surface area contributed by atoms with Crippen LogP contribution in [-0.4, -0.2) is 52.7 Å². The minimum Gasteiger partial charge on any atom is -0.478 e. The van der Waals surface area contributed by atoms with E-state index in [4.69, 9.17) is 9.84 Å². The molecule has 0 saturated carbocycles. The fourth-order valence-electron chi connectivity index (χ4n) is 4.36. The third kappa shape index (κ3) is 4.17. The van der Waals surface area contributed by atoms with Gasteiger partial charge in [0.1, 0.15) is 12.3 Å². The highest BCUT2D eigenvalue weighted by Gasteiger charge is 2.29. The highest BCUT2D eigenvalue weighted by Crippen LogP contribution is 2.44. The van der Waals surface area contributed by atoms with E-state index in [1.807, 2.05) is 24.3 Å². The van der Waals surface area contributed by atoms with Crippen LogP contribution in [0.25, 0.3) is 11.1 Å². The Kier molecular flexibility index (Phi) is 5.85. The zero-order valence-electron chi connectivity index (χ0n) is 18.1. The van der Waals surface area contributed by atoms with Gasteiger partial charge in [0, 0.05) is 30.0 Å². The first-order valence-corrected chi connectivity index (χ1v) is 11.7. The van der Waals surface area contributed by atoms with E-state index in [0.717, 1.165) is 33.6 Å². The number of carbonyl (C=O) groups excluding carboxylic acids is 2. The second-order valence-electron chi connectivity index (χ2n) is 8.02. The van der Waals surface area contributed by atoms with Gasteiger partial charge in [-0.3, -0.25) is 10.1 Å². The number of rotatable bonds is 5. The molecule has 2 N–H and O–H groups in total. The van der Waals surface area contributed by atoms with Gasteiger partial charge in [0.25, 0.3) is 5.91 Å². The third-order valence-corrected chi connectivity index (χ3v) is 6.80. The Hall–Kier alpha value is -3.98. The van der Waals surface area contributed by atoms with Gasteiger partial charge < -0.3 is 14.7 Å². The number of nitrogens with zero attached hydrogens (tertiary/aromatic N) is 2. The van der Waals surface area contributed by atoms with E-state index in [-0.39, 0.29) is 42.2 Å². The summed E-state index contributed by atoms with van der Waals surface area (Å²) in [5.41, 5.74) is 5.06. The molecule has 1 aliphatic carbocycles. The molecule has 2 heterocycles. The molecule has 34 heavy (non-hydrogen) atoms. The van der Waals surface area contributed by atoms with Crippen LogP contribution < -0.4 is 5.32 Å². The van der Waals surface area contributed by atoms with Gasteiger partial charge in [0.15, 0.2) is 5.13 Å². The fraction of sp³-hybridized carbons (Fsp3) is 0.200. The topological polar surface area (TPSA) is 109 Å². The van der Waals surface area contributed by atoms with E-state index in [0.29, 0.717) is 12.1 Å². The van der Waals surface area contributed by atoms with Crippen LogP contribution in [0, 0.1) is 0 Å². The first-order valence-electron chi connectivity index (χ1n) is 10.8. The van der Waals surface area contributed by atoms with Crippen LogP contribution in [0.5, 0.6) is 0 Å². The highest BCUT2D eigenvalue weighted by molar-refractivity contribution is 7.14. The lowest BCUT2D eigenvalue weighted by molar-refractivity contribution is -0.133. The average Bonchev–Trinajstić information content (AvgIpc) is 3.45. The van der Waals surface area contributed by atoms with Crippen molar-refractivity contribution in [1.82, 2.24) is 9.88 Å². The Labute approximate surface area is 199 Å². The monoisotopic (exact) mass is 475 g/mol. The molecule has 1 aliphatic heterocycles. The number of amides is 2. The maximum atomic E-state index is 12.7. The Morgan fingerprint density at radius 2 is 1.76 bits per heavy atom. The van der Waals surface area contributed by atoms with Crippen molar-refractivity contribution in [1.29, 1.82) is 0 Å². The lowest BCUT2D eigenvalue weighted by Gasteiger charge is -2.24. The quantitative estimate of drug-likeness (QED) is 0.568. The number of ether oxygens (including phenoxy) is 1. The molecule has 0 saturated heterocycles. The van der Waals surface area contributed by atoms with E-state index in [1.165, 1.54) is 11.0 Å². The van der Waals surface area contributed by atoms with Crippen molar-refractivity contribution >= 4 is 34.4 Å². The molecule has 0 unspecified atom stereocenters. The van der Waals surface area contributed by atoms with Crippen molar-refractivity contribution in [3.8, 4) is 11.1 Å². The largest absolute Gasteiger partial charge is 0.478 e. The number of benzene rings is 2. The van der Waals surface area contributed by atoms with E-state index in [9.17, 15) is 14.4 Å². The first-order chi connectivity index (χ1) is 16.5. The van der Waals surface area contributed by atoms with Crippen LogP contribution >= 0.6 is 11.3 Å². The summed E-state index contributed by atoms with van der Waals surface area (Å²) in [6.07, 6.45) is 1.18. The molecular formula is C25H21N3O5S. The van der Waals surface area contributed by atoms with Crippen molar-refractivity contribution in [2.45, 2.75) is 12.3 Å². The van der Waals surface area contributed by atoms with Crippen molar-refractivity contribution in [2.24, 2.45) is 0 Å². The van der Waals surface area contributed by atoms with Gasteiger partial charge in [-0.05, 0) is 28.7 Å². The molecule has 172 valence electrons. The number of carbonyl (C=O) groups is 3. The van der Waals surface area contributed by atoms with E-state index in [1.54, 1.807) is 5.38 Å². The van der Waals surface area contributed by atoms with E-state index >= 15 is 0 Å². The van der Waals surface area contributed by atoms with Crippen molar-refractivity contribution < 1.29 is 24.2 Å². The van der Waals surface area contributed by atoms with E-state index < -0.39 is 12.1 Å². The number of aromatic nitrogens is 1. The van der Waals surface area contributed by atoms with Crippen LogP contribution in [0.2, 0.25) is 0 Å². The minimum atomic E-state index is -0.963. The zero-order valence-corrected chi connectivity index (χ0v) is 18.9. The predicted molar refractivity (Wildman–Crippen MR) is 127 cm³/mol. The number of nitrogens with one attached hydrogen (secondary N) is 1. The molecule has 9 heteroatoms. The predicted octanol–water partition coefficient (Wildman–Crippen LogP) is 4.36. The summed E-state index contributed by atoms with van der Waals surface area (Å²) in [7, 11) is 0. The Bertz CT molecular complexity index is 1270. The smallest absolute Gasteiger partial charge is 0.413 e. The summed E-state index contributed by atoms with van der Waals surface area (Å²) in [4.78, 5) is 41.9. The fourth-order valence-corrected chi connectivity index (χ4v) is 5.03. The molecule has 0 spiro atoms. The van der Waals surface area contributed by atoms with Crippen LogP contribution in [-0.2, 0) is 9.53 Å². The molecule has 2 amide bonds. The lowest BCUT2D eigenvalue weighted by Crippen LogP contribution is -2.36. The molecule has 1 aromatic heterocycles. The number of aliphatic carboxylic acids is 1. The van der Waals surface area contributed by atoms with Gasteiger partial charge in [-0.1, -0.05) is 54.6 Å². The van der Waals surface area contributed by atoms with Crippen LogP contribution in [0.3, 0.4) is 0 Å². The number of hydrogen-bond acceptors (Lipinski definition) is 6. The zero-order chi connectivity index (χ0) is 23.7. The number of thiazole rings is 1. The van der Waals surface area contributed by atoms with E-state index in [2.05, 4.69) is 34.6 Å². The Morgan fingerprint density at radius 1 is 1.09 bits per heavy atom. The molecule has 0 fully saturated rings. The lowest BCUT2D eigenvalue weighted by atomic mass is 9.98. The van der Waals surface area contributed by atoms with Crippen molar-refractivity contribution in [3.05, 3.63) is 82.4 Å². The molecule has 5 rings (SSSR count). The molecule has 0 radical (unpaired) electrons. The number of carboxylic acid groups (broad SMARTS) is 1. The molecule has 3 aromatic rings. The molecule has 0 bridgehead atoms. The van der Waals surface area contributed by atoms with Crippen LogP contribution in [0.15, 0.2) is 65.6 Å². The second-order valence-corrected chi connectivity index (χ2v) is 8.88. The number of anilines is 1. The summed E-state index contributed by atoms with van der Waals surface area (Å²) in [6.45, 7) is 0.708. The van der Waals surface area contributed by atoms with Crippen LogP contribution in [0.4, 0.5) is 9.93 Å². The molecular weight excluding hydrogens is 454 g/mol. The minimum absolute atomic E-state index is 0.0468. The summed E-state index contributed by atoms with van der Waals surface area (Å²) < 4.78 is 5.52. The standard InChI is InChI=1S/C25H21N3O5S/c29-22(28-11-9-15(10-12-28)23(30)31)21-14-34-24(26-21)27-25(32)33-13-20-18-7-3-1-5-16(18)17-6-2-4-8-19(17)20/h1-9,14,20H,10-13H2,(H,30,31)(H,26,27,32). The maximum Gasteiger partial charge on any atom is 0.413 e. The van der Waals surface area contributed by atoms with Gasteiger partial charge >= 0.3 is 12.1 Å². The van der Waals surface area contributed by atoms with Gasteiger partial charge in [-0.2, -0.15) is 0 Å². The van der Waals surface area contributed by atoms with Crippen molar-refractivity contribution in [2.75, 3.05) is 25.0 Å². The summed E-state index contributed by atoms with van der Waals surface area (Å²) in [6, 6.07) is 16.2. The Morgan fingerprint density at radius 3 is 2.38 bits per heavy atom. The molecule has 2 aliphatic rings. The van der Waals surface area contributed by atoms with Crippen LogP contribution in [0.1, 0.15) is 34.0 Å². The number of carboxylic acids is 1. The second kappa shape index (κ2) is 9.11. The van der Waals surface area contributed by atoms with Gasteiger partial charge in [0.2, 0.25) is 0 Å². The van der Waals surface area contributed by atoms with Gasteiger partial charge in [-0.25, -0.2) is 14.6 Å². The summed E-state index contributed by atoms with van der Waals surface area (Å²) >= 11 is 1.13. The molecule has 0 atom stereocenters. The molecule has 2 aromatic carbocycles. The average molecular weight is 476 g/mol. The SMILES string of the molecule is O=C(Nc1nc(C(=O)N2CC=C(C(=O)O)CC2)cs1)OCC1c2ccccc2-c2ccccc21. The first kappa shape index (κ1) is 21.8.